The minimum absolute atomic E-state index is 0.107. The zero-order valence-corrected chi connectivity index (χ0v) is 69.6. The van der Waals surface area contributed by atoms with Gasteiger partial charge in [-0.3, -0.25) is 55.4 Å². The minimum Gasteiger partial charge on any atom is -0.462 e. The summed E-state index contributed by atoms with van der Waals surface area (Å²) in [5.41, 5.74) is -0.392. The molecule has 114 heavy (non-hydrogen) atoms. The fourth-order valence-corrected chi connectivity index (χ4v) is 26.9. The first-order valence-corrected chi connectivity index (χ1v) is 45.1. The second-order valence-electron chi connectivity index (χ2n) is 37.6. The molecule has 11 unspecified atom stereocenters. The van der Waals surface area contributed by atoms with Crippen LogP contribution < -0.4 is 0 Å². The molecule has 602 valence electrons. The summed E-state index contributed by atoms with van der Waals surface area (Å²) in [6.07, 6.45) is 8.25. The summed E-state index contributed by atoms with van der Waals surface area (Å²) < 4.78 is 125. The molecule has 0 heterocycles. The molecule has 0 saturated heterocycles. The average Bonchev–Trinajstić information content (AvgIpc) is 1.36. The Hall–Kier alpha value is -6.52. The lowest BCUT2D eigenvalue weighted by Crippen LogP contribution is -2.62. The number of nitrogens with zero attached hydrogens (tertiary/aromatic N) is 4. The monoisotopic (exact) mass is 1640 g/mol. The molecule has 11 atom stereocenters. The summed E-state index contributed by atoms with van der Waals surface area (Å²) >= 11 is 0. The highest BCUT2D eigenvalue weighted by Gasteiger charge is 3.08. The number of ether oxygens (including phenoxy) is 4. The van der Waals surface area contributed by atoms with Gasteiger partial charge in [0.05, 0.1) is 111 Å². The smallest absolute Gasteiger partial charge is 0.462 e. The Morgan fingerprint density at radius 1 is 0.456 bits per heavy atom. The van der Waals surface area contributed by atoms with Crippen LogP contribution in [0.1, 0.15) is 88.1 Å². The van der Waals surface area contributed by atoms with Gasteiger partial charge >= 0.3 is 55.2 Å². The highest BCUT2D eigenvalue weighted by molar-refractivity contribution is 7.48. The van der Waals surface area contributed by atoms with Crippen LogP contribution in [0.3, 0.4) is 0 Å². The second kappa shape index (κ2) is 23.9. The van der Waals surface area contributed by atoms with Crippen molar-refractivity contribution in [3.8, 4) is 0 Å². The molecule has 0 radical (unpaired) electrons. The molecule has 0 bridgehead atoms. The molecule has 3 saturated carbocycles. The van der Waals surface area contributed by atoms with Crippen molar-refractivity contribution in [2.45, 2.75) is 60.7 Å². The summed E-state index contributed by atoms with van der Waals surface area (Å²) in [5.74, 6) is -5.56. The number of phosphoric ester groups is 4. The van der Waals surface area contributed by atoms with Crippen LogP contribution in [0.25, 0.3) is 109 Å². The van der Waals surface area contributed by atoms with Crippen molar-refractivity contribution in [1.29, 1.82) is 0 Å². The third-order valence-electron chi connectivity index (χ3n) is 27.7. The number of quaternary nitrogens is 4. The van der Waals surface area contributed by atoms with Crippen molar-refractivity contribution in [2.75, 3.05) is 190 Å². The van der Waals surface area contributed by atoms with Gasteiger partial charge in [-0.2, -0.15) is 0 Å². The Morgan fingerprint density at radius 2 is 0.895 bits per heavy atom. The number of hydrogen-bond donors (Lipinski definition) is 4. The van der Waals surface area contributed by atoms with Crippen molar-refractivity contribution >= 4 is 164 Å². The molecule has 28 nitrogen and oxygen atoms in total. The quantitative estimate of drug-likeness (QED) is 0.00411. The maximum absolute atomic E-state index is 17.0. The number of carbonyl (C=O) groups is 4. The number of rotatable bonds is 37. The number of esters is 4. The third kappa shape index (κ3) is 9.59. The first-order chi connectivity index (χ1) is 53.5. The zero-order valence-electron chi connectivity index (χ0n) is 66.0. The van der Waals surface area contributed by atoms with Crippen LogP contribution in [0.2, 0.25) is 0 Å². The standard InChI is InChI=1S/C82H90N4O24P4/c1-77(73(87)99-28-32-107-111(91,92)103-24-20-83(2,3)4,74(88)100-29-33-108-112(93,94)104-25-21-84(5,6)7)79-19-17-44-38-45-37-43-16-18-78-41-48-40-47-39-46-36-42-14-15-49(79)55-50(42)56-52(46)65-67-63-60(56)59(55)66-62-58(54(44)71(66)79)51(45)57-53(43)70(78)68(64(57)61(62)63)72(67)80(69(47)65)81(82(48,78)80,75(89)101-30-34-109-113(95,96)105-26-22-85(8,9)10)76(90)102-31-35-110-114(97,98)106-27-23-86(11,12)13/h14-16,18,36-39,48,69,71H,17,19-35,40-41H2,1-13H3/p+4. The van der Waals surface area contributed by atoms with Gasteiger partial charge in [-0.15, -0.1) is 0 Å². The average molecular weight is 1640 g/mol. The highest BCUT2D eigenvalue weighted by Crippen LogP contribution is 3.03. The summed E-state index contributed by atoms with van der Waals surface area (Å²) in [4.78, 5) is 111. The molecule has 3 spiro atoms. The molecule has 0 aromatic heterocycles. The van der Waals surface area contributed by atoms with E-state index in [-0.39, 0.29) is 38.8 Å². The van der Waals surface area contributed by atoms with Crippen molar-refractivity contribution in [2.24, 2.45) is 22.2 Å². The Balaban J connectivity index is 0.793. The minimum atomic E-state index is -4.70. The number of carbonyl (C=O) groups excluding carboxylic acids is 4. The lowest BCUT2D eigenvalue weighted by atomic mass is 9.38. The largest absolute Gasteiger partial charge is 0.472 e. The number of fused-ring (bicyclic) bond motifs is 1. The van der Waals surface area contributed by atoms with Gasteiger partial charge in [-0.1, -0.05) is 42.0 Å². The fraction of sp³-hybridized carbons (Fsp3) is 0.512. The maximum atomic E-state index is 17.0. The lowest BCUT2D eigenvalue weighted by Gasteiger charge is -2.64. The third-order valence-corrected chi connectivity index (χ3v) is 31.8. The van der Waals surface area contributed by atoms with E-state index in [9.17, 15) is 37.8 Å². The van der Waals surface area contributed by atoms with E-state index in [1.54, 1.807) is 6.92 Å². The molecule has 4 N–H and O–H groups in total. The van der Waals surface area contributed by atoms with Crippen LogP contribution in [0.4, 0.5) is 0 Å². The Labute approximate surface area is 656 Å². The predicted molar refractivity (Wildman–Crippen MR) is 423 cm³/mol. The molecule has 0 aliphatic heterocycles. The number of phosphoric acid groups is 4. The molecule has 20 rings (SSSR count). The van der Waals surface area contributed by atoms with Gasteiger partial charge in [0.1, 0.15) is 79.0 Å². The van der Waals surface area contributed by atoms with Crippen LogP contribution >= 0.6 is 31.3 Å². The number of likely N-dealkylation sites (N-methyl/N-ethyl adjacent to an activating group) is 4. The zero-order chi connectivity index (χ0) is 80.5. The Morgan fingerprint density at radius 3 is 1.42 bits per heavy atom. The summed E-state index contributed by atoms with van der Waals surface area (Å²) in [6, 6.07) is 10.9. The first kappa shape index (κ1) is 76.2. The molecule has 32 heteroatoms. The van der Waals surface area contributed by atoms with E-state index in [0.29, 0.717) is 68.9 Å². The predicted octanol–water partition coefficient (Wildman–Crippen LogP) is 10.9. The highest BCUT2D eigenvalue weighted by atomic mass is 31.2. The van der Waals surface area contributed by atoms with Crippen LogP contribution in [0, 0.1) is 22.2 Å². The van der Waals surface area contributed by atoms with Crippen LogP contribution in [0.15, 0.2) is 42.0 Å². The topological polar surface area (TPSA) is 328 Å². The number of aryl methyl sites for hydroxylation is 1. The van der Waals surface area contributed by atoms with E-state index in [0.717, 1.165) is 147 Å². The van der Waals surface area contributed by atoms with Crippen molar-refractivity contribution in [3.05, 3.63) is 92.1 Å². The molecule has 10 aromatic rings. The van der Waals surface area contributed by atoms with Gasteiger partial charge < -0.3 is 56.5 Å². The Kier molecular flexibility index (Phi) is 16.0. The van der Waals surface area contributed by atoms with Crippen LogP contribution in [-0.4, -0.2) is 251 Å². The van der Waals surface area contributed by atoms with Gasteiger partial charge in [0, 0.05) is 33.5 Å². The number of benzene rings is 8. The van der Waals surface area contributed by atoms with Crippen molar-refractivity contribution < 1.29 is 130 Å². The SMILES string of the molecule is CC(C(=O)OCCOP(=O)(O)OCC[N+](C)(C)C)(C(=O)OCCOP(=O)(O)OCC[N+](C)(C)C)C12CCc3cc4cc5c6c7c8c9c%10c%11c%12c(cc%13ccc1c1c%14c%15c%16c(c3C%152)c4c6c8c%16c%10c%14c%12c%131)C=C1CC2CC7(C=C5)C23C(C(=O)OCCOP(=O)(O)OCC[N+](C)(C)C)(C(=O)OCCOP(=O)(O)OCC[N+](C)(C)C)C93C1%11. The maximum Gasteiger partial charge on any atom is 0.472 e. The van der Waals surface area contributed by atoms with Crippen molar-refractivity contribution in [3.63, 3.8) is 0 Å². The van der Waals surface area contributed by atoms with E-state index in [2.05, 4.69) is 48.6 Å². The van der Waals surface area contributed by atoms with Gasteiger partial charge in [0.2, 0.25) is 0 Å². The fourth-order valence-electron chi connectivity index (χ4n) is 24.1. The molecule has 3 fully saturated rings. The molecular weight excluding hydrogens is 1550 g/mol. The summed E-state index contributed by atoms with van der Waals surface area (Å²) in [5, 5.41) is 17.2. The first-order valence-electron chi connectivity index (χ1n) is 39.1. The number of hydrogen-bond acceptors (Lipinski definition) is 20. The van der Waals surface area contributed by atoms with E-state index >= 15 is 19.2 Å². The summed E-state index contributed by atoms with van der Waals surface area (Å²) in [6.45, 7) is -1.97. The molecule has 0 amide bonds. The second-order valence-corrected chi connectivity index (χ2v) is 43.4. The van der Waals surface area contributed by atoms with Gasteiger partial charge in [-0.05, 0) is 198 Å². The molecule has 10 aliphatic carbocycles. The normalized spacial score (nSPS) is 27.4. The molecule has 10 aromatic carbocycles. The van der Waals surface area contributed by atoms with Gasteiger partial charge in [0.15, 0.2) is 10.8 Å². The van der Waals surface area contributed by atoms with Crippen LogP contribution in [-0.2, 0) is 115 Å². The lowest BCUT2D eigenvalue weighted by molar-refractivity contribution is -0.870. The van der Waals surface area contributed by atoms with E-state index in [1.807, 2.05) is 84.6 Å². The van der Waals surface area contributed by atoms with Gasteiger partial charge in [-0.25, -0.2) is 18.3 Å². The Bertz CT molecular complexity index is 6130. The van der Waals surface area contributed by atoms with Gasteiger partial charge in [0.25, 0.3) is 0 Å². The van der Waals surface area contributed by atoms with E-state index in [4.69, 9.17) is 55.1 Å². The summed E-state index contributed by atoms with van der Waals surface area (Å²) in [7, 11) is 4.10. The molecule has 10 aliphatic rings. The van der Waals surface area contributed by atoms with E-state index in [1.165, 1.54) is 0 Å². The molecular formula is C82H94N4O24P4+4. The van der Waals surface area contributed by atoms with E-state index < -0.39 is 152 Å². The van der Waals surface area contributed by atoms with Crippen LogP contribution in [0.5, 0.6) is 0 Å². The number of allylic oxidation sites excluding steroid dienone is 2. The van der Waals surface area contributed by atoms with Crippen molar-refractivity contribution in [1.82, 2.24) is 0 Å².